The van der Waals surface area contributed by atoms with Gasteiger partial charge in [-0.05, 0) is 36.2 Å². The summed E-state index contributed by atoms with van der Waals surface area (Å²) < 4.78 is 0.954. The summed E-state index contributed by atoms with van der Waals surface area (Å²) in [5.74, 6) is 1.15. The Labute approximate surface area is 188 Å². The van der Waals surface area contributed by atoms with Crippen molar-refractivity contribution in [2.45, 2.75) is 11.6 Å². The number of anilines is 1. The van der Waals surface area contributed by atoms with Gasteiger partial charge in [0.05, 0.1) is 11.3 Å². The number of thioether (sulfide) groups is 1. The average molecular weight is 478 g/mol. The summed E-state index contributed by atoms with van der Waals surface area (Å²) in [5, 5.41) is 5.03. The first-order valence-corrected chi connectivity index (χ1v) is 11.4. The molecule has 0 fully saturated rings. The minimum absolute atomic E-state index is 0.0582. The lowest BCUT2D eigenvalue weighted by Gasteiger charge is -2.11. The van der Waals surface area contributed by atoms with Gasteiger partial charge in [-0.2, -0.15) is 0 Å². The molecule has 0 amide bonds. The Kier molecular flexibility index (Phi) is 6.77. The van der Waals surface area contributed by atoms with Crippen LogP contribution >= 0.6 is 27.7 Å². The van der Waals surface area contributed by atoms with Crippen molar-refractivity contribution in [2.75, 3.05) is 17.6 Å². The van der Waals surface area contributed by atoms with Crippen LogP contribution in [0.3, 0.4) is 0 Å². The van der Waals surface area contributed by atoms with Gasteiger partial charge in [0.25, 0.3) is 0 Å². The third-order valence-electron chi connectivity index (χ3n) is 4.63. The van der Waals surface area contributed by atoms with Crippen molar-refractivity contribution < 1.29 is 4.79 Å². The molecule has 4 nitrogen and oxygen atoms in total. The van der Waals surface area contributed by atoms with Crippen LogP contribution in [-0.2, 0) is 6.42 Å². The van der Waals surface area contributed by atoms with E-state index in [2.05, 4.69) is 38.4 Å². The second kappa shape index (κ2) is 9.87. The Balaban J connectivity index is 1.48. The first kappa shape index (κ1) is 20.6. The molecule has 0 aliphatic heterocycles. The number of carbonyl (C=O) groups is 1. The van der Waals surface area contributed by atoms with Crippen LogP contribution < -0.4 is 5.32 Å². The van der Waals surface area contributed by atoms with Crippen molar-refractivity contribution in [3.63, 3.8) is 0 Å². The first-order chi connectivity index (χ1) is 14.7. The van der Waals surface area contributed by atoms with E-state index in [-0.39, 0.29) is 5.78 Å². The third-order valence-corrected chi connectivity index (χ3v) is 6.01. The number of nitrogens with zero attached hydrogens (tertiary/aromatic N) is 2. The quantitative estimate of drug-likeness (QED) is 0.191. The van der Waals surface area contributed by atoms with Crippen molar-refractivity contribution in [2.24, 2.45) is 0 Å². The number of aromatic nitrogens is 2. The van der Waals surface area contributed by atoms with E-state index >= 15 is 0 Å². The van der Waals surface area contributed by atoms with E-state index < -0.39 is 0 Å². The lowest BCUT2D eigenvalue weighted by Crippen LogP contribution is -2.08. The number of ketones is 1. The van der Waals surface area contributed by atoms with Gasteiger partial charge in [-0.15, -0.1) is 0 Å². The van der Waals surface area contributed by atoms with Crippen LogP contribution in [0.25, 0.3) is 10.9 Å². The minimum atomic E-state index is 0.0582. The maximum Gasteiger partial charge on any atom is 0.190 e. The standard InChI is InChI=1S/C24H20BrN3OS/c25-19-12-10-18(11-13-19)22(29)16-30-24-27-21-9-5-4-8-20(21)23(28-24)26-15-14-17-6-2-1-3-7-17/h1-13H,14-16H2,(H,26,27,28). The van der Waals surface area contributed by atoms with Crippen molar-refractivity contribution in [1.29, 1.82) is 0 Å². The van der Waals surface area contributed by atoms with Crippen molar-refractivity contribution >= 4 is 50.2 Å². The maximum atomic E-state index is 12.5. The smallest absolute Gasteiger partial charge is 0.190 e. The highest BCUT2D eigenvalue weighted by molar-refractivity contribution is 9.10. The molecule has 0 atom stereocenters. The largest absolute Gasteiger partial charge is 0.369 e. The summed E-state index contributed by atoms with van der Waals surface area (Å²) in [6, 6.07) is 25.7. The summed E-state index contributed by atoms with van der Waals surface area (Å²) in [6.07, 6.45) is 0.906. The highest BCUT2D eigenvalue weighted by atomic mass is 79.9. The summed E-state index contributed by atoms with van der Waals surface area (Å²) in [5.41, 5.74) is 2.83. The lowest BCUT2D eigenvalue weighted by atomic mass is 10.1. The molecular weight excluding hydrogens is 458 g/mol. The SMILES string of the molecule is O=C(CSc1nc(NCCc2ccccc2)c2ccccc2n1)c1ccc(Br)cc1. The first-order valence-electron chi connectivity index (χ1n) is 9.65. The van der Waals surface area contributed by atoms with Crippen LogP contribution in [0, 0.1) is 0 Å². The van der Waals surface area contributed by atoms with E-state index in [0.29, 0.717) is 16.5 Å². The van der Waals surface area contributed by atoms with E-state index in [4.69, 9.17) is 4.98 Å². The van der Waals surface area contributed by atoms with Crippen molar-refractivity contribution in [3.8, 4) is 0 Å². The van der Waals surface area contributed by atoms with Crippen LogP contribution in [0.15, 0.2) is 88.5 Å². The molecule has 6 heteroatoms. The number of halogens is 1. The van der Waals surface area contributed by atoms with Gasteiger partial charge in [-0.25, -0.2) is 9.97 Å². The van der Waals surface area contributed by atoms with Gasteiger partial charge in [0, 0.05) is 22.0 Å². The highest BCUT2D eigenvalue weighted by Gasteiger charge is 2.11. The number of carbonyl (C=O) groups excluding carboxylic acids is 1. The summed E-state index contributed by atoms with van der Waals surface area (Å²) in [7, 11) is 0. The zero-order valence-corrected chi connectivity index (χ0v) is 18.6. The van der Waals surface area contributed by atoms with E-state index in [1.54, 1.807) is 0 Å². The molecule has 1 aromatic heterocycles. The molecule has 0 aliphatic rings. The van der Waals surface area contributed by atoms with E-state index in [0.717, 1.165) is 34.2 Å². The molecule has 0 saturated carbocycles. The van der Waals surface area contributed by atoms with Gasteiger partial charge in [0.15, 0.2) is 10.9 Å². The van der Waals surface area contributed by atoms with E-state index in [9.17, 15) is 4.79 Å². The molecule has 4 rings (SSSR count). The fourth-order valence-electron chi connectivity index (χ4n) is 3.07. The van der Waals surface area contributed by atoms with Gasteiger partial charge in [-0.3, -0.25) is 4.79 Å². The molecule has 0 saturated heterocycles. The predicted octanol–water partition coefficient (Wildman–Crippen LogP) is 6.02. The molecule has 0 aliphatic carbocycles. The second-order valence-corrected chi connectivity index (χ2v) is 8.61. The molecule has 1 N–H and O–H groups in total. The molecule has 30 heavy (non-hydrogen) atoms. The molecular formula is C24H20BrN3OS. The molecule has 0 radical (unpaired) electrons. The van der Waals surface area contributed by atoms with Gasteiger partial charge < -0.3 is 5.32 Å². The summed E-state index contributed by atoms with van der Waals surface area (Å²) in [4.78, 5) is 21.8. The number of nitrogens with one attached hydrogen (secondary N) is 1. The fraction of sp³-hybridized carbons (Fsp3) is 0.125. The van der Waals surface area contributed by atoms with Crippen LogP contribution in [-0.4, -0.2) is 28.0 Å². The van der Waals surface area contributed by atoms with Gasteiger partial charge in [-0.1, -0.05) is 82.3 Å². The van der Waals surface area contributed by atoms with Crippen LogP contribution in [0.2, 0.25) is 0 Å². The monoisotopic (exact) mass is 477 g/mol. The number of benzene rings is 3. The van der Waals surface area contributed by atoms with Crippen LogP contribution in [0.4, 0.5) is 5.82 Å². The summed E-state index contributed by atoms with van der Waals surface area (Å²) in [6.45, 7) is 0.771. The number of Topliss-reactive ketones (excluding diaryl/α,β-unsaturated/α-hetero) is 1. The Morgan fingerprint density at radius 1 is 0.900 bits per heavy atom. The van der Waals surface area contributed by atoms with E-state index in [1.165, 1.54) is 17.3 Å². The normalized spacial score (nSPS) is 10.8. The molecule has 1 heterocycles. The number of hydrogen-bond donors (Lipinski definition) is 1. The molecule has 4 aromatic rings. The van der Waals surface area contributed by atoms with Gasteiger partial charge in [0.2, 0.25) is 0 Å². The maximum absolute atomic E-state index is 12.5. The second-order valence-electron chi connectivity index (χ2n) is 6.75. The van der Waals surface area contributed by atoms with Crippen LogP contribution in [0.5, 0.6) is 0 Å². The Hall–Kier alpha value is -2.70. The Morgan fingerprint density at radius 2 is 1.63 bits per heavy atom. The highest BCUT2D eigenvalue weighted by Crippen LogP contribution is 2.25. The van der Waals surface area contributed by atoms with Crippen molar-refractivity contribution in [1.82, 2.24) is 9.97 Å². The molecule has 3 aromatic carbocycles. The van der Waals surface area contributed by atoms with Gasteiger partial charge in [0.1, 0.15) is 5.82 Å². The molecule has 0 unspecified atom stereocenters. The lowest BCUT2D eigenvalue weighted by molar-refractivity contribution is 0.102. The topological polar surface area (TPSA) is 54.9 Å². The van der Waals surface area contributed by atoms with Crippen molar-refractivity contribution in [3.05, 3.63) is 94.5 Å². The fourth-order valence-corrected chi connectivity index (χ4v) is 4.08. The zero-order chi connectivity index (χ0) is 20.8. The summed E-state index contributed by atoms with van der Waals surface area (Å²) >= 11 is 4.76. The molecule has 150 valence electrons. The predicted molar refractivity (Wildman–Crippen MR) is 127 cm³/mol. The minimum Gasteiger partial charge on any atom is -0.369 e. The number of para-hydroxylation sites is 1. The molecule has 0 spiro atoms. The Bertz CT molecular complexity index is 1150. The number of rotatable bonds is 8. The third kappa shape index (κ3) is 5.26. The number of hydrogen-bond acceptors (Lipinski definition) is 5. The molecule has 0 bridgehead atoms. The van der Waals surface area contributed by atoms with E-state index in [1.807, 2.05) is 66.7 Å². The average Bonchev–Trinajstić information content (AvgIpc) is 2.78. The van der Waals surface area contributed by atoms with Crippen LogP contribution in [0.1, 0.15) is 15.9 Å². The van der Waals surface area contributed by atoms with Gasteiger partial charge >= 0.3 is 0 Å². The Morgan fingerprint density at radius 3 is 2.43 bits per heavy atom. The zero-order valence-electron chi connectivity index (χ0n) is 16.2. The number of fused-ring (bicyclic) bond motifs is 1.